The lowest BCUT2D eigenvalue weighted by molar-refractivity contribution is 0.216. The molecule has 1 aliphatic rings. The molecule has 3 rings (SSSR count). The average Bonchev–Trinajstić information content (AvgIpc) is 2.70. The predicted octanol–water partition coefficient (Wildman–Crippen LogP) is 2.32. The molecule has 0 spiro atoms. The first-order chi connectivity index (χ1) is 13.8. The molecule has 0 N–H and O–H groups in total. The van der Waals surface area contributed by atoms with Gasteiger partial charge in [-0.1, -0.05) is 13.8 Å². The first kappa shape index (κ1) is 21.3. The number of fused-ring (bicyclic) bond motifs is 2. The molecule has 0 amide bonds. The summed E-state index contributed by atoms with van der Waals surface area (Å²) in [6, 6.07) is 4.80. The van der Waals surface area contributed by atoms with E-state index in [-0.39, 0.29) is 4.90 Å². The highest BCUT2D eigenvalue weighted by Crippen LogP contribution is 2.49. The van der Waals surface area contributed by atoms with E-state index in [9.17, 15) is 8.42 Å². The number of hydrogen-bond donors (Lipinski definition) is 0. The Kier molecular flexibility index (Phi) is 6.25. The Morgan fingerprint density at radius 3 is 2.55 bits per heavy atom. The summed E-state index contributed by atoms with van der Waals surface area (Å²) in [4.78, 5) is 4.29. The lowest BCUT2D eigenvalue weighted by Gasteiger charge is -2.30. The van der Waals surface area contributed by atoms with E-state index in [2.05, 4.69) is 28.9 Å². The van der Waals surface area contributed by atoms with Gasteiger partial charge in [-0.05, 0) is 25.2 Å². The second-order valence-corrected chi connectivity index (χ2v) is 8.97. The topological polar surface area (TPSA) is 88.1 Å². The second-order valence-electron chi connectivity index (χ2n) is 6.82. The van der Waals surface area contributed by atoms with Gasteiger partial charge < -0.3 is 19.3 Å². The van der Waals surface area contributed by atoms with Crippen molar-refractivity contribution in [2.24, 2.45) is 0 Å². The van der Waals surface area contributed by atoms with Crippen LogP contribution >= 0.6 is 0 Å². The molecular formula is C19H27N5O4S. The molecule has 0 unspecified atom stereocenters. The van der Waals surface area contributed by atoms with E-state index < -0.39 is 10.0 Å². The van der Waals surface area contributed by atoms with E-state index in [0.29, 0.717) is 29.7 Å². The number of hydrogen-bond acceptors (Lipinski definition) is 8. The molecule has 1 aromatic carbocycles. The summed E-state index contributed by atoms with van der Waals surface area (Å²) in [6.45, 7) is 7.38. The first-order valence-electron chi connectivity index (χ1n) is 9.48. The Bertz CT molecular complexity index is 977. The van der Waals surface area contributed by atoms with Crippen molar-refractivity contribution in [1.82, 2.24) is 19.4 Å². The minimum Gasteiger partial charge on any atom is -0.474 e. The molecule has 0 radical (unpaired) electrons. The molecule has 158 valence electrons. The monoisotopic (exact) mass is 421 g/mol. The lowest BCUT2D eigenvalue weighted by atomic mass is 10.2. The van der Waals surface area contributed by atoms with Gasteiger partial charge >= 0.3 is 0 Å². The zero-order chi connectivity index (χ0) is 21.2. The third-order valence-corrected chi connectivity index (χ3v) is 6.74. The summed E-state index contributed by atoms with van der Waals surface area (Å²) in [7, 11) is 1.29. The maximum atomic E-state index is 12.4. The maximum absolute atomic E-state index is 12.4. The molecule has 0 bridgehead atoms. The smallest absolute Gasteiger partial charge is 0.261 e. The number of aromatic nitrogens is 2. The van der Waals surface area contributed by atoms with Crippen LogP contribution in [0.3, 0.4) is 0 Å². The van der Waals surface area contributed by atoms with Crippen LogP contribution in [0.25, 0.3) is 0 Å². The van der Waals surface area contributed by atoms with Gasteiger partial charge in [0.1, 0.15) is 6.61 Å². The highest BCUT2D eigenvalue weighted by atomic mass is 32.2. The predicted molar refractivity (Wildman–Crippen MR) is 111 cm³/mol. The van der Waals surface area contributed by atoms with E-state index >= 15 is 0 Å². The summed E-state index contributed by atoms with van der Waals surface area (Å²) in [5, 5.41) is 8.10. The largest absolute Gasteiger partial charge is 0.474 e. The summed E-state index contributed by atoms with van der Waals surface area (Å²) >= 11 is 0. The van der Waals surface area contributed by atoms with Crippen LogP contribution in [0.15, 0.2) is 29.3 Å². The van der Waals surface area contributed by atoms with Crippen molar-refractivity contribution < 1.29 is 17.9 Å². The van der Waals surface area contributed by atoms with Crippen LogP contribution < -0.4 is 14.4 Å². The van der Waals surface area contributed by atoms with Crippen LogP contribution in [0.5, 0.6) is 17.4 Å². The van der Waals surface area contributed by atoms with Gasteiger partial charge in [0.15, 0.2) is 17.2 Å². The third kappa shape index (κ3) is 4.14. The Morgan fingerprint density at radius 2 is 1.90 bits per heavy atom. The summed E-state index contributed by atoms with van der Waals surface area (Å²) in [5.41, 5.74) is 1.38. The highest BCUT2D eigenvalue weighted by Gasteiger charge is 2.29. The normalized spacial score (nSPS) is 13.3. The quantitative estimate of drug-likeness (QED) is 0.642. The van der Waals surface area contributed by atoms with Crippen LogP contribution in [0.4, 0.5) is 11.4 Å². The molecule has 0 aliphatic carbocycles. The molecule has 0 saturated heterocycles. The molecule has 10 heteroatoms. The zero-order valence-corrected chi connectivity index (χ0v) is 18.2. The Morgan fingerprint density at radius 1 is 1.17 bits per heavy atom. The number of benzene rings is 1. The fraction of sp³-hybridized carbons (Fsp3) is 0.474. The van der Waals surface area contributed by atoms with Gasteiger partial charge in [-0.3, -0.25) is 0 Å². The fourth-order valence-corrected chi connectivity index (χ4v) is 4.02. The van der Waals surface area contributed by atoms with E-state index in [1.54, 1.807) is 12.1 Å². The van der Waals surface area contributed by atoms with E-state index in [1.165, 1.54) is 30.7 Å². The van der Waals surface area contributed by atoms with Crippen LogP contribution in [-0.4, -0.2) is 75.2 Å². The van der Waals surface area contributed by atoms with Gasteiger partial charge in [0.25, 0.3) is 5.88 Å². The highest BCUT2D eigenvalue weighted by molar-refractivity contribution is 7.89. The second kappa shape index (κ2) is 8.52. The molecule has 2 heterocycles. The molecule has 0 saturated carbocycles. The Hall–Kier alpha value is -2.43. The Balaban J connectivity index is 1.88. The van der Waals surface area contributed by atoms with E-state index in [0.717, 1.165) is 25.3 Å². The van der Waals surface area contributed by atoms with Crippen molar-refractivity contribution in [3.05, 3.63) is 24.4 Å². The number of rotatable bonds is 8. The molecule has 0 atom stereocenters. The minimum absolute atomic E-state index is 0.163. The van der Waals surface area contributed by atoms with Gasteiger partial charge in [0.05, 0.1) is 16.8 Å². The number of likely N-dealkylation sites (N-methyl/N-ethyl adjacent to an activating group) is 1. The number of sulfonamides is 1. The molecule has 1 aliphatic heterocycles. The van der Waals surface area contributed by atoms with Gasteiger partial charge in [0.2, 0.25) is 10.0 Å². The third-order valence-electron chi connectivity index (χ3n) is 4.93. The zero-order valence-electron chi connectivity index (χ0n) is 17.4. The molecule has 9 nitrogen and oxygen atoms in total. The van der Waals surface area contributed by atoms with Crippen LogP contribution in [-0.2, 0) is 10.0 Å². The maximum Gasteiger partial charge on any atom is 0.261 e. The molecular weight excluding hydrogens is 394 g/mol. The van der Waals surface area contributed by atoms with Crippen LogP contribution in [0.1, 0.15) is 13.8 Å². The van der Waals surface area contributed by atoms with Crippen molar-refractivity contribution >= 4 is 21.4 Å². The lowest BCUT2D eigenvalue weighted by Crippen LogP contribution is -2.28. The molecule has 0 fully saturated rings. The standard InChI is InChI=1S/C19H27N5O4S/c1-6-24(7-2)10-11-27-19-18-17(13-20-21-19)28-16-12-14(29(25,26)22(3)4)8-9-15(16)23(18)5/h8-9,12-13H,6-7,10-11H2,1-5H3. The van der Waals surface area contributed by atoms with Gasteiger partial charge in [0, 0.05) is 33.8 Å². The average molecular weight is 422 g/mol. The SMILES string of the molecule is CCN(CC)CCOc1nncc2c1N(C)c1ccc(S(=O)(=O)N(C)C)cc1O2. The molecule has 2 aromatic rings. The van der Waals surface area contributed by atoms with Gasteiger partial charge in [-0.2, -0.15) is 5.10 Å². The van der Waals surface area contributed by atoms with E-state index in [1.807, 2.05) is 11.9 Å². The molecule has 1 aromatic heterocycles. The van der Waals surface area contributed by atoms with Crippen LogP contribution in [0, 0.1) is 0 Å². The van der Waals surface area contributed by atoms with Crippen molar-refractivity contribution in [1.29, 1.82) is 0 Å². The van der Waals surface area contributed by atoms with Crippen molar-refractivity contribution in [3.8, 4) is 17.4 Å². The summed E-state index contributed by atoms with van der Waals surface area (Å²) in [6.07, 6.45) is 1.50. The first-order valence-corrected chi connectivity index (χ1v) is 10.9. The van der Waals surface area contributed by atoms with Crippen molar-refractivity contribution in [2.75, 3.05) is 52.3 Å². The number of ether oxygens (including phenoxy) is 2. The molecule has 29 heavy (non-hydrogen) atoms. The van der Waals surface area contributed by atoms with Crippen molar-refractivity contribution in [2.45, 2.75) is 18.7 Å². The van der Waals surface area contributed by atoms with Crippen molar-refractivity contribution in [3.63, 3.8) is 0 Å². The minimum atomic E-state index is -3.56. The number of anilines is 2. The van der Waals surface area contributed by atoms with Gasteiger partial charge in [-0.25, -0.2) is 12.7 Å². The fourth-order valence-electron chi connectivity index (χ4n) is 3.10. The Labute approximate surface area is 171 Å². The van der Waals surface area contributed by atoms with Crippen LogP contribution in [0.2, 0.25) is 0 Å². The van der Waals surface area contributed by atoms with E-state index in [4.69, 9.17) is 9.47 Å². The summed E-state index contributed by atoms with van der Waals surface area (Å²) < 4.78 is 37.9. The number of nitrogens with zero attached hydrogens (tertiary/aromatic N) is 5. The van der Waals surface area contributed by atoms with Gasteiger partial charge in [-0.15, -0.1) is 5.10 Å². The summed E-state index contributed by atoms with van der Waals surface area (Å²) in [5.74, 6) is 1.28.